The normalized spacial score (nSPS) is 14.2. The summed E-state index contributed by atoms with van der Waals surface area (Å²) in [7, 11) is 0. The van der Waals surface area contributed by atoms with Crippen molar-refractivity contribution in [2.24, 2.45) is 0 Å². The Morgan fingerprint density at radius 1 is 1.53 bits per heavy atom. The molecule has 17 heavy (non-hydrogen) atoms. The van der Waals surface area contributed by atoms with E-state index in [1.165, 1.54) is 12.1 Å². The maximum absolute atomic E-state index is 11.6. The van der Waals surface area contributed by atoms with Crippen LogP contribution >= 0.6 is 0 Å². The number of hydrogen-bond acceptors (Lipinski definition) is 4. The van der Waals surface area contributed by atoms with Gasteiger partial charge in [-0.05, 0) is 12.5 Å². The number of anilines is 1. The molecule has 0 spiro atoms. The highest BCUT2D eigenvalue weighted by Crippen LogP contribution is 2.35. The number of non-ortho nitro benzene ring substituents is 1. The van der Waals surface area contributed by atoms with Crippen LogP contribution in [0.5, 0.6) is 5.75 Å². The van der Waals surface area contributed by atoms with Gasteiger partial charge in [0, 0.05) is 12.6 Å². The van der Waals surface area contributed by atoms with Gasteiger partial charge in [0.05, 0.1) is 16.7 Å². The van der Waals surface area contributed by atoms with Crippen LogP contribution in [-0.4, -0.2) is 24.0 Å². The number of nitrogens with zero attached hydrogens (tertiary/aromatic N) is 2. The summed E-state index contributed by atoms with van der Waals surface area (Å²) in [6, 6.07) is 4.29. The lowest BCUT2D eigenvalue weighted by Crippen LogP contribution is -2.39. The molecule has 0 saturated heterocycles. The largest absolute Gasteiger partial charge is 0.481 e. The number of nitro groups is 1. The molecule has 1 amide bonds. The minimum atomic E-state index is -0.482. The number of hydrogen-bond donors (Lipinski definition) is 0. The highest BCUT2D eigenvalue weighted by atomic mass is 16.6. The molecule has 0 atom stereocenters. The summed E-state index contributed by atoms with van der Waals surface area (Å²) in [5.74, 6) is 0.278. The second-order valence-corrected chi connectivity index (χ2v) is 3.74. The van der Waals surface area contributed by atoms with Crippen LogP contribution in [0.25, 0.3) is 0 Å². The lowest BCUT2D eigenvalue weighted by molar-refractivity contribution is -0.384. The first-order valence-electron chi connectivity index (χ1n) is 5.35. The third kappa shape index (κ3) is 2.06. The van der Waals surface area contributed by atoms with Crippen molar-refractivity contribution in [1.82, 2.24) is 0 Å². The summed E-state index contributed by atoms with van der Waals surface area (Å²) in [4.78, 5) is 23.4. The van der Waals surface area contributed by atoms with Crippen molar-refractivity contribution >= 4 is 17.3 Å². The van der Waals surface area contributed by atoms with Crippen molar-refractivity contribution in [3.8, 4) is 5.75 Å². The first-order chi connectivity index (χ1) is 8.13. The van der Waals surface area contributed by atoms with E-state index >= 15 is 0 Å². The molecule has 0 fully saturated rings. The van der Waals surface area contributed by atoms with E-state index in [9.17, 15) is 14.9 Å². The molecule has 0 saturated carbocycles. The molecule has 1 aromatic rings. The molecule has 1 aromatic carbocycles. The molecule has 6 heteroatoms. The Bertz CT molecular complexity index is 473. The number of amides is 1. The van der Waals surface area contributed by atoms with Gasteiger partial charge in [0.1, 0.15) is 0 Å². The summed E-state index contributed by atoms with van der Waals surface area (Å²) < 4.78 is 5.21. The Morgan fingerprint density at radius 2 is 2.29 bits per heavy atom. The van der Waals surface area contributed by atoms with Gasteiger partial charge in [-0.2, -0.15) is 0 Å². The Balaban J connectivity index is 2.40. The predicted octanol–water partition coefficient (Wildman–Crippen LogP) is 1.73. The first kappa shape index (κ1) is 11.4. The molecule has 1 aliphatic heterocycles. The van der Waals surface area contributed by atoms with Crippen LogP contribution < -0.4 is 9.64 Å². The summed E-state index contributed by atoms with van der Waals surface area (Å²) in [6.45, 7) is 2.50. The van der Waals surface area contributed by atoms with E-state index in [1.54, 1.807) is 11.0 Å². The molecule has 0 bridgehead atoms. The monoisotopic (exact) mass is 236 g/mol. The zero-order valence-electron chi connectivity index (χ0n) is 9.38. The molecule has 6 nitrogen and oxygen atoms in total. The van der Waals surface area contributed by atoms with Crippen LogP contribution in [0.4, 0.5) is 11.4 Å². The number of carbonyl (C=O) groups excluding carboxylic acids is 1. The van der Waals surface area contributed by atoms with Crippen LogP contribution in [-0.2, 0) is 4.79 Å². The zero-order valence-corrected chi connectivity index (χ0v) is 9.38. The molecule has 0 aromatic heterocycles. The molecule has 0 N–H and O–H groups in total. The Labute approximate surface area is 97.9 Å². The van der Waals surface area contributed by atoms with Crippen molar-refractivity contribution in [3.63, 3.8) is 0 Å². The van der Waals surface area contributed by atoms with E-state index < -0.39 is 4.92 Å². The van der Waals surface area contributed by atoms with E-state index in [2.05, 4.69) is 0 Å². The van der Waals surface area contributed by atoms with E-state index in [0.29, 0.717) is 18.0 Å². The van der Waals surface area contributed by atoms with Gasteiger partial charge in [-0.25, -0.2) is 0 Å². The Hall–Kier alpha value is -2.11. The topological polar surface area (TPSA) is 72.7 Å². The number of fused-ring (bicyclic) bond motifs is 1. The van der Waals surface area contributed by atoms with Gasteiger partial charge in [-0.3, -0.25) is 14.9 Å². The molecule has 0 radical (unpaired) electrons. The number of ether oxygens (including phenoxy) is 1. The van der Waals surface area contributed by atoms with E-state index in [0.717, 1.165) is 6.42 Å². The average Bonchev–Trinajstić information content (AvgIpc) is 2.32. The van der Waals surface area contributed by atoms with Crippen LogP contribution in [0.1, 0.15) is 13.3 Å². The summed E-state index contributed by atoms with van der Waals surface area (Å²) >= 11 is 0. The summed E-state index contributed by atoms with van der Waals surface area (Å²) in [5, 5.41) is 10.6. The maximum atomic E-state index is 11.6. The average molecular weight is 236 g/mol. The lowest BCUT2D eigenvalue weighted by Gasteiger charge is -2.28. The molecule has 0 aliphatic carbocycles. The highest BCUT2D eigenvalue weighted by molar-refractivity contribution is 5.98. The van der Waals surface area contributed by atoms with E-state index in [1.807, 2.05) is 6.92 Å². The Morgan fingerprint density at radius 3 is 2.94 bits per heavy atom. The highest BCUT2D eigenvalue weighted by Gasteiger charge is 2.26. The van der Waals surface area contributed by atoms with Gasteiger partial charge in [-0.1, -0.05) is 6.92 Å². The van der Waals surface area contributed by atoms with Crippen molar-refractivity contribution in [1.29, 1.82) is 0 Å². The van der Waals surface area contributed by atoms with Crippen molar-refractivity contribution in [2.75, 3.05) is 18.1 Å². The molecular formula is C11H12N2O4. The van der Waals surface area contributed by atoms with Crippen molar-refractivity contribution in [2.45, 2.75) is 13.3 Å². The van der Waals surface area contributed by atoms with Crippen LogP contribution in [0, 0.1) is 10.1 Å². The second-order valence-electron chi connectivity index (χ2n) is 3.74. The second kappa shape index (κ2) is 4.40. The van der Waals surface area contributed by atoms with Gasteiger partial charge in [0.15, 0.2) is 12.4 Å². The lowest BCUT2D eigenvalue weighted by atomic mass is 10.2. The van der Waals surface area contributed by atoms with Gasteiger partial charge in [0.25, 0.3) is 11.6 Å². The van der Waals surface area contributed by atoms with Crippen molar-refractivity contribution < 1.29 is 14.5 Å². The third-order valence-corrected chi connectivity index (χ3v) is 2.54. The van der Waals surface area contributed by atoms with Gasteiger partial charge in [0.2, 0.25) is 0 Å². The minimum Gasteiger partial charge on any atom is -0.481 e. The number of carbonyl (C=O) groups is 1. The molecule has 90 valence electrons. The smallest absolute Gasteiger partial charge is 0.273 e. The SMILES string of the molecule is CCCN1C(=O)COc2cc([N+](=O)[O-])ccc21. The van der Waals surface area contributed by atoms with Crippen LogP contribution in [0.15, 0.2) is 18.2 Å². The Kier molecular flexibility index (Phi) is 2.95. The molecule has 1 aliphatic rings. The van der Waals surface area contributed by atoms with Gasteiger partial charge < -0.3 is 9.64 Å². The summed E-state index contributed by atoms with van der Waals surface area (Å²) in [5.41, 5.74) is 0.572. The molecule has 2 rings (SSSR count). The number of rotatable bonds is 3. The molecule has 1 heterocycles. The third-order valence-electron chi connectivity index (χ3n) is 2.54. The van der Waals surface area contributed by atoms with Gasteiger partial charge >= 0.3 is 0 Å². The minimum absolute atomic E-state index is 0.0328. The number of benzene rings is 1. The fourth-order valence-electron chi connectivity index (χ4n) is 1.78. The zero-order chi connectivity index (χ0) is 12.4. The van der Waals surface area contributed by atoms with Crippen molar-refractivity contribution in [3.05, 3.63) is 28.3 Å². The predicted molar refractivity (Wildman–Crippen MR) is 61.2 cm³/mol. The molecular weight excluding hydrogens is 224 g/mol. The quantitative estimate of drug-likeness (QED) is 0.591. The fraction of sp³-hybridized carbons (Fsp3) is 0.364. The number of nitro benzene ring substituents is 1. The van der Waals surface area contributed by atoms with Crippen LogP contribution in [0.3, 0.4) is 0 Å². The fourth-order valence-corrected chi connectivity index (χ4v) is 1.78. The first-order valence-corrected chi connectivity index (χ1v) is 5.35. The maximum Gasteiger partial charge on any atom is 0.273 e. The summed E-state index contributed by atoms with van der Waals surface area (Å²) in [6.07, 6.45) is 0.822. The van der Waals surface area contributed by atoms with E-state index in [4.69, 9.17) is 4.74 Å². The molecule has 0 unspecified atom stereocenters. The van der Waals surface area contributed by atoms with E-state index in [-0.39, 0.29) is 18.2 Å². The van der Waals surface area contributed by atoms with Gasteiger partial charge in [-0.15, -0.1) is 0 Å². The standard InChI is InChI=1S/C11H12N2O4/c1-2-5-12-9-4-3-8(13(15)16)6-10(9)17-7-11(12)14/h3-4,6H,2,5,7H2,1H3. The van der Waals surface area contributed by atoms with Crippen LogP contribution in [0.2, 0.25) is 0 Å².